The molecule has 0 aliphatic rings. The molecule has 0 saturated heterocycles. The van der Waals surface area contributed by atoms with Crippen molar-refractivity contribution >= 4 is 17.5 Å². The Morgan fingerprint density at radius 2 is 1.64 bits per heavy atom. The lowest BCUT2D eigenvalue weighted by Crippen LogP contribution is -2.09. The molecule has 2 aromatic rings. The van der Waals surface area contributed by atoms with Crippen LogP contribution in [0.4, 0.5) is 17.5 Å². The van der Waals surface area contributed by atoms with Crippen LogP contribution < -0.4 is 10.6 Å². The van der Waals surface area contributed by atoms with Crippen LogP contribution in [-0.4, -0.2) is 16.5 Å². The summed E-state index contributed by atoms with van der Waals surface area (Å²) in [6.45, 7) is 11.5. The minimum atomic E-state index is 0.671. The average molecular weight is 298 g/mol. The Labute approximate surface area is 133 Å². The van der Waals surface area contributed by atoms with E-state index in [-0.39, 0.29) is 0 Å². The van der Waals surface area contributed by atoms with Crippen LogP contribution in [-0.2, 0) is 0 Å². The van der Waals surface area contributed by atoms with Crippen molar-refractivity contribution in [2.24, 2.45) is 5.92 Å². The van der Waals surface area contributed by atoms with Crippen molar-refractivity contribution in [3.63, 3.8) is 0 Å². The van der Waals surface area contributed by atoms with E-state index in [1.54, 1.807) is 0 Å². The Morgan fingerprint density at radius 1 is 0.955 bits per heavy atom. The van der Waals surface area contributed by atoms with Gasteiger partial charge in [-0.3, -0.25) is 0 Å². The largest absolute Gasteiger partial charge is 0.354 e. The van der Waals surface area contributed by atoms with E-state index in [1.165, 1.54) is 11.1 Å². The van der Waals surface area contributed by atoms with Gasteiger partial charge in [0.05, 0.1) is 0 Å². The molecule has 0 aliphatic carbocycles. The molecule has 1 heterocycles. The number of benzene rings is 1. The van der Waals surface area contributed by atoms with E-state index in [2.05, 4.69) is 66.5 Å². The Hall–Kier alpha value is -2.10. The molecule has 2 rings (SSSR count). The summed E-state index contributed by atoms with van der Waals surface area (Å²) in [6, 6.07) is 8.37. The van der Waals surface area contributed by atoms with E-state index in [0.717, 1.165) is 30.2 Å². The van der Waals surface area contributed by atoms with Gasteiger partial charge in [-0.15, -0.1) is 0 Å². The summed E-state index contributed by atoms with van der Waals surface area (Å²) in [4.78, 5) is 9.00. The summed E-state index contributed by atoms with van der Waals surface area (Å²) in [7, 11) is 0. The number of nitrogens with one attached hydrogen (secondary N) is 2. The maximum atomic E-state index is 4.55. The normalized spacial score (nSPS) is 10.8. The molecular weight excluding hydrogens is 272 g/mol. The zero-order valence-corrected chi connectivity index (χ0v) is 14.2. The summed E-state index contributed by atoms with van der Waals surface area (Å²) in [5, 5.41) is 6.68. The lowest BCUT2D eigenvalue weighted by atomic mass is 10.1. The Kier molecular flexibility index (Phi) is 5.36. The minimum Gasteiger partial charge on any atom is -0.354 e. The summed E-state index contributed by atoms with van der Waals surface area (Å²) in [5.41, 5.74) is 4.49. The molecule has 22 heavy (non-hydrogen) atoms. The molecule has 0 spiro atoms. The van der Waals surface area contributed by atoms with Crippen molar-refractivity contribution in [2.45, 2.75) is 41.0 Å². The van der Waals surface area contributed by atoms with Gasteiger partial charge >= 0.3 is 0 Å². The van der Waals surface area contributed by atoms with Crippen molar-refractivity contribution < 1.29 is 0 Å². The molecule has 0 amide bonds. The Bertz CT molecular complexity index is 615. The number of hydrogen-bond donors (Lipinski definition) is 2. The Balaban J connectivity index is 2.11. The van der Waals surface area contributed by atoms with E-state index >= 15 is 0 Å². The SMILES string of the molecule is Cc1cc(C)cc(Nc2cc(C)nc(NCCC(C)C)n2)c1. The second-order valence-electron chi connectivity index (χ2n) is 6.33. The molecule has 118 valence electrons. The zero-order chi connectivity index (χ0) is 16.1. The third-order valence-corrected chi connectivity index (χ3v) is 3.35. The molecule has 0 saturated carbocycles. The van der Waals surface area contributed by atoms with Crippen molar-refractivity contribution in [1.82, 2.24) is 9.97 Å². The standard InChI is InChI=1S/C18H26N4/c1-12(2)6-7-19-18-20-15(5)11-17(22-18)21-16-9-13(3)8-14(4)10-16/h8-12H,6-7H2,1-5H3,(H2,19,20,21,22). The van der Waals surface area contributed by atoms with Crippen LogP contribution in [0.3, 0.4) is 0 Å². The molecule has 4 heteroatoms. The van der Waals surface area contributed by atoms with Crippen molar-refractivity contribution in [1.29, 1.82) is 0 Å². The van der Waals surface area contributed by atoms with Gasteiger partial charge in [0.1, 0.15) is 5.82 Å². The number of anilines is 3. The second kappa shape index (κ2) is 7.25. The van der Waals surface area contributed by atoms with Crippen LogP contribution in [0.15, 0.2) is 24.3 Å². The number of hydrogen-bond acceptors (Lipinski definition) is 4. The molecular formula is C18H26N4. The molecule has 4 nitrogen and oxygen atoms in total. The monoisotopic (exact) mass is 298 g/mol. The van der Waals surface area contributed by atoms with Gasteiger partial charge in [0.2, 0.25) is 5.95 Å². The number of rotatable bonds is 6. The first-order valence-electron chi connectivity index (χ1n) is 7.87. The first kappa shape index (κ1) is 16.3. The lowest BCUT2D eigenvalue weighted by Gasteiger charge is -2.11. The molecule has 0 radical (unpaired) electrons. The maximum Gasteiger partial charge on any atom is 0.224 e. The molecule has 0 aliphatic heterocycles. The third kappa shape index (κ3) is 5.02. The number of aryl methyl sites for hydroxylation is 3. The van der Waals surface area contributed by atoms with Crippen molar-refractivity contribution in [2.75, 3.05) is 17.2 Å². The molecule has 0 unspecified atom stereocenters. The highest BCUT2D eigenvalue weighted by molar-refractivity contribution is 5.59. The van der Waals surface area contributed by atoms with E-state index in [0.29, 0.717) is 11.9 Å². The van der Waals surface area contributed by atoms with Crippen LogP contribution in [0.1, 0.15) is 37.1 Å². The highest BCUT2D eigenvalue weighted by atomic mass is 15.1. The minimum absolute atomic E-state index is 0.671. The molecule has 0 fully saturated rings. The molecule has 2 N–H and O–H groups in total. The fourth-order valence-corrected chi connectivity index (χ4v) is 2.38. The fraction of sp³-hybridized carbons (Fsp3) is 0.444. The first-order chi connectivity index (χ1) is 10.4. The average Bonchev–Trinajstić information content (AvgIpc) is 2.36. The zero-order valence-electron chi connectivity index (χ0n) is 14.2. The van der Waals surface area contributed by atoms with Gasteiger partial charge < -0.3 is 10.6 Å². The van der Waals surface area contributed by atoms with Crippen LogP contribution in [0.25, 0.3) is 0 Å². The topological polar surface area (TPSA) is 49.8 Å². The fourth-order valence-electron chi connectivity index (χ4n) is 2.38. The first-order valence-corrected chi connectivity index (χ1v) is 7.87. The summed E-state index contributed by atoms with van der Waals surface area (Å²) < 4.78 is 0. The van der Waals surface area contributed by atoms with Crippen molar-refractivity contribution in [3.8, 4) is 0 Å². The highest BCUT2D eigenvalue weighted by Crippen LogP contribution is 2.19. The summed E-state index contributed by atoms with van der Waals surface area (Å²) in [5.74, 6) is 2.18. The van der Waals surface area contributed by atoms with Gasteiger partial charge in [0.25, 0.3) is 0 Å². The van der Waals surface area contributed by atoms with Gasteiger partial charge in [-0.25, -0.2) is 4.98 Å². The predicted octanol–water partition coefficient (Wildman–Crippen LogP) is 4.60. The van der Waals surface area contributed by atoms with E-state index < -0.39 is 0 Å². The van der Waals surface area contributed by atoms with E-state index in [1.807, 2.05) is 13.0 Å². The van der Waals surface area contributed by atoms with Gasteiger partial charge in [-0.05, 0) is 56.4 Å². The maximum absolute atomic E-state index is 4.55. The highest BCUT2D eigenvalue weighted by Gasteiger charge is 2.04. The van der Waals surface area contributed by atoms with Gasteiger partial charge in [-0.1, -0.05) is 19.9 Å². The lowest BCUT2D eigenvalue weighted by molar-refractivity contribution is 0.606. The van der Waals surface area contributed by atoms with Crippen molar-refractivity contribution in [3.05, 3.63) is 41.1 Å². The Morgan fingerprint density at radius 3 is 2.27 bits per heavy atom. The number of nitrogens with zero attached hydrogens (tertiary/aromatic N) is 2. The molecule has 0 atom stereocenters. The predicted molar refractivity (Wildman–Crippen MR) is 93.9 cm³/mol. The molecule has 1 aromatic carbocycles. The second-order valence-corrected chi connectivity index (χ2v) is 6.33. The van der Waals surface area contributed by atoms with E-state index in [4.69, 9.17) is 0 Å². The quantitative estimate of drug-likeness (QED) is 0.818. The van der Waals surface area contributed by atoms with Gasteiger partial charge in [0, 0.05) is 24.0 Å². The molecule has 1 aromatic heterocycles. The van der Waals surface area contributed by atoms with E-state index in [9.17, 15) is 0 Å². The van der Waals surface area contributed by atoms with Gasteiger partial charge in [-0.2, -0.15) is 4.98 Å². The molecule has 0 bridgehead atoms. The van der Waals surface area contributed by atoms with Crippen LogP contribution in [0.5, 0.6) is 0 Å². The van der Waals surface area contributed by atoms with Gasteiger partial charge in [0.15, 0.2) is 0 Å². The van der Waals surface area contributed by atoms with Crippen LogP contribution in [0, 0.1) is 26.7 Å². The summed E-state index contributed by atoms with van der Waals surface area (Å²) >= 11 is 0. The third-order valence-electron chi connectivity index (χ3n) is 3.35. The number of aromatic nitrogens is 2. The summed E-state index contributed by atoms with van der Waals surface area (Å²) in [6.07, 6.45) is 1.11. The van der Waals surface area contributed by atoms with Crippen LogP contribution in [0.2, 0.25) is 0 Å². The smallest absolute Gasteiger partial charge is 0.224 e. The van der Waals surface area contributed by atoms with Crippen LogP contribution >= 0.6 is 0 Å².